The largest absolute Gasteiger partial charge is 0.459 e. The Morgan fingerprint density at radius 3 is 1.74 bits per heavy atom. The minimum atomic E-state index is -2.00. The average Bonchev–Trinajstić information content (AvgIpc) is 3.32. The topological polar surface area (TPSA) is 153 Å². The van der Waals surface area contributed by atoms with Gasteiger partial charge in [-0.1, -0.05) is 81.1 Å². The fraction of sp³-hybridized carbons (Fsp3) is 0.571. The van der Waals surface area contributed by atoms with Crippen molar-refractivity contribution in [1.29, 1.82) is 0 Å². The van der Waals surface area contributed by atoms with Crippen LogP contribution < -0.4 is 0 Å². The molecule has 2 aliphatic heterocycles. The highest BCUT2D eigenvalue weighted by Gasteiger charge is 2.88. The summed E-state index contributed by atoms with van der Waals surface area (Å²) < 4.78 is 45.6. The predicted octanol–water partition coefficient (Wildman–Crippen LogP) is 5.02. The SMILES string of the molecule is C=C(C)[C@@]1(OCc2ccccc2)[C@H](OC(C)=O)[C@@H]2[C@H](OC(C)=O)[C@@]3(C)O[C@@]4(C(C[C@H](C)[C@@H]4OC(C)=O)[C@@]2(O)[C@H](C)[C@@H]1OC(C)=O)[C@@H]3OCc1ccccc1. The zero-order valence-electron chi connectivity index (χ0n) is 32.2. The lowest BCUT2D eigenvalue weighted by atomic mass is 9.52. The first-order valence-electron chi connectivity index (χ1n) is 18.5. The Hall–Kier alpha value is -4.10. The van der Waals surface area contributed by atoms with Crippen molar-refractivity contribution in [3.63, 3.8) is 0 Å². The molecule has 1 unspecified atom stereocenters. The van der Waals surface area contributed by atoms with E-state index in [1.54, 1.807) is 20.8 Å². The van der Waals surface area contributed by atoms with Crippen molar-refractivity contribution in [2.24, 2.45) is 23.7 Å². The summed E-state index contributed by atoms with van der Waals surface area (Å²) in [4.78, 5) is 52.4. The Morgan fingerprint density at radius 1 is 0.741 bits per heavy atom. The highest BCUT2D eigenvalue weighted by Crippen LogP contribution is 2.71. The maximum atomic E-state index is 13.9. The minimum Gasteiger partial charge on any atom is -0.459 e. The van der Waals surface area contributed by atoms with Crippen LogP contribution in [0.25, 0.3) is 0 Å². The van der Waals surface area contributed by atoms with Crippen LogP contribution in [0.4, 0.5) is 0 Å². The van der Waals surface area contributed by atoms with E-state index in [0.717, 1.165) is 11.1 Å². The minimum absolute atomic E-state index is 0.0190. The molecule has 6 rings (SSSR count). The second-order valence-corrected chi connectivity index (χ2v) is 15.8. The van der Waals surface area contributed by atoms with Crippen molar-refractivity contribution in [1.82, 2.24) is 0 Å². The summed E-state index contributed by atoms with van der Waals surface area (Å²) in [5.74, 6) is -6.15. The molecule has 12 nitrogen and oxygen atoms in total. The second kappa shape index (κ2) is 14.5. The Balaban J connectivity index is 1.64. The average molecular weight is 749 g/mol. The number of rotatable bonds is 11. The first-order valence-corrected chi connectivity index (χ1v) is 18.5. The molecule has 2 bridgehead atoms. The van der Waals surface area contributed by atoms with Crippen molar-refractivity contribution in [2.45, 2.75) is 128 Å². The summed E-state index contributed by atoms with van der Waals surface area (Å²) in [6, 6.07) is 18.8. The van der Waals surface area contributed by atoms with E-state index in [9.17, 15) is 24.3 Å². The Labute approximate surface area is 316 Å². The van der Waals surface area contributed by atoms with Crippen LogP contribution in [0.3, 0.4) is 0 Å². The van der Waals surface area contributed by atoms with E-state index in [-0.39, 0.29) is 25.6 Å². The fourth-order valence-electron chi connectivity index (χ4n) is 10.4. The zero-order chi connectivity index (χ0) is 39.4. The van der Waals surface area contributed by atoms with Crippen LogP contribution >= 0.6 is 0 Å². The number of carbonyl (C=O) groups is 4. The lowest BCUT2D eigenvalue weighted by Crippen LogP contribution is -2.80. The first kappa shape index (κ1) is 39.6. The summed E-state index contributed by atoms with van der Waals surface area (Å²) in [7, 11) is 0. The Bertz CT molecular complexity index is 1760. The van der Waals surface area contributed by atoms with Gasteiger partial charge in [0.05, 0.1) is 24.7 Å². The molecule has 4 aliphatic rings. The Kier molecular flexibility index (Phi) is 10.6. The van der Waals surface area contributed by atoms with E-state index in [2.05, 4.69) is 6.58 Å². The number of benzene rings is 2. The number of fused-ring (bicyclic) bond motifs is 3. The molecule has 0 aromatic heterocycles. The lowest BCUT2D eigenvalue weighted by molar-refractivity contribution is -0.402. The summed E-state index contributed by atoms with van der Waals surface area (Å²) in [6.07, 6.45) is -5.65. The molecule has 2 aliphatic carbocycles. The molecule has 0 amide bonds. The van der Waals surface area contributed by atoms with Crippen LogP contribution in [0.5, 0.6) is 0 Å². The summed E-state index contributed by atoms with van der Waals surface area (Å²) in [5, 5.41) is 13.9. The molecule has 2 saturated heterocycles. The predicted molar refractivity (Wildman–Crippen MR) is 193 cm³/mol. The lowest BCUT2D eigenvalue weighted by Gasteiger charge is -2.63. The molecule has 1 spiro atoms. The summed E-state index contributed by atoms with van der Waals surface area (Å²) in [5.41, 5.74) is -4.78. The van der Waals surface area contributed by atoms with Gasteiger partial charge < -0.3 is 38.3 Å². The number of hydrogen-bond donors (Lipinski definition) is 1. The monoisotopic (exact) mass is 748 g/mol. The number of carbonyl (C=O) groups excluding carboxylic acids is 4. The summed E-state index contributed by atoms with van der Waals surface area (Å²) in [6.45, 7) is 16.5. The fourth-order valence-corrected chi connectivity index (χ4v) is 10.4. The van der Waals surface area contributed by atoms with E-state index >= 15 is 0 Å². The maximum Gasteiger partial charge on any atom is 0.303 e. The molecule has 2 heterocycles. The van der Waals surface area contributed by atoms with E-state index in [4.69, 9.17) is 33.2 Å². The number of hydrogen-bond acceptors (Lipinski definition) is 12. The van der Waals surface area contributed by atoms with E-state index < -0.39 is 94.6 Å². The third kappa shape index (κ3) is 6.15. The van der Waals surface area contributed by atoms with Gasteiger partial charge in [0.2, 0.25) is 0 Å². The first-order chi connectivity index (χ1) is 25.4. The van der Waals surface area contributed by atoms with Crippen LogP contribution in [-0.2, 0) is 65.5 Å². The van der Waals surface area contributed by atoms with Crippen molar-refractivity contribution < 1.29 is 57.4 Å². The van der Waals surface area contributed by atoms with Crippen LogP contribution in [0.2, 0.25) is 0 Å². The van der Waals surface area contributed by atoms with E-state index in [1.165, 1.54) is 27.7 Å². The van der Waals surface area contributed by atoms with Gasteiger partial charge in [0.25, 0.3) is 0 Å². The molecule has 292 valence electrons. The highest BCUT2D eigenvalue weighted by atomic mass is 16.7. The number of aliphatic hydroxyl groups is 1. The molecular weight excluding hydrogens is 696 g/mol. The molecular formula is C42H52O12. The summed E-state index contributed by atoms with van der Waals surface area (Å²) >= 11 is 0. The highest BCUT2D eigenvalue weighted by molar-refractivity contribution is 5.69. The van der Waals surface area contributed by atoms with Crippen molar-refractivity contribution in [2.75, 3.05) is 0 Å². The van der Waals surface area contributed by atoms with E-state index in [1.807, 2.05) is 67.6 Å². The van der Waals surface area contributed by atoms with Gasteiger partial charge in [-0.15, -0.1) is 0 Å². The molecule has 12 heteroatoms. The maximum absolute atomic E-state index is 13.9. The molecule has 2 saturated carbocycles. The number of esters is 4. The third-order valence-electron chi connectivity index (χ3n) is 12.2. The third-order valence-corrected chi connectivity index (χ3v) is 12.2. The van der Waals surface area contributed by atoms with Crippen LogP contribution in [0, 0.1) is 23.7 Å². The molecule has 1 N–H and O–H groups in total. The van der Waals surface area contributed by atoms with Gasteiger partial charge in [0.1, 0.15) is 41.7 Å². The van der Waals surface area contributed by atoms with Crippen LogP contribution in [-0.4, -0.2) is 81.9 Å². The van der Waals surface area contributed by atoms with Crippen molar-refractivity contribution >= 4 is 23.9 Å². The molecule has 2 aromatic rings. The standard InChI is InChI=1S/C42H52O12/c1-23(2)41(49-22-31-18-14-11-15-19-31)35(51-27(6)44)25(4)40(47)32-20-24(3)34(50-26(5)43)42(32)38(48-21-30-16-12-10-13-17-30)39(9,54-42)36(52-28(7)45)33(40)37(41)53-29(8)46/h10-19,24-25,32-38,47H,1,20-22H2,2-9H3/t24-,25+,32?,33-,34-,35-,36-,37+,38+,39+,40-,41-,42+/m0/s1. The van der Waals surface area contributed by atoms with Gasteiger partial charge in [-0.3, -0.25) is 19.2 Å². The number of ether oxygens (including phenoxy) is 7. The molecule has 0 radical (unpaired) electrons. The van der Waals surface area contributed by atoms with Crippen LogP contribution in [0.15, 0.2) is 72.8 Å². The van der Waals surface area contributed by atoms with Crippen molar-refractivity contribution in [3.05, 3.63) is 83.9 Å². The van der Waals surface area contributed by atoms with Crippen LogP contribution in [0.1, 0.15) is 72.9 Å². The zero-order valence-corrected chi connectivity index (χ0v) is 32.2. The normalized spacial score (nSPS) is 39.1. The van der Waals surface area contributed by atoms with Crippen molar-refractivity contribution in [3.8, 4) is 0 Å². The van der Waals surface area contributed by atoms with E-state index in [0.29, 0.717) is 5.57 Å². The van der Waals surface area contributed by atoms with Gasteiger partial charge in [0, 0.05) is 39.5 Å². The quantitative estimate of drug-likeness (QED) is 0.187. The molecule has 4 fully saturated rings. The molecule has 54 heavy (non-hydrogen) atoms. The van der Waals surface area contributed by atoms with Gasteiger partial charge in [-0.25, -0.2) is 0 Å². The smallest absolute Gasteiger partial charge is 0.303 e. The van der Waals surface area contributed by atoms with Gasteiger partial charge in [-0.2, -0.15) is 0 Å². The Morgan fingerprint density at radius 2 is 1.22 bits per heavy atom. The van der Waals surface area contributed by atoms with Gasteiger partial charge in [-0.05, 0) is 42.9 Å². The van der Waals surface area contributed by atoms with Gasteiger partial charge >= 0.3 is 23.9 Å². The second-order valence-electron chi connectivity index (χ2n) is 15.8. The molecule has 13 atom stereocenters. The van der Waals surface area contributed by atoms with Gasteiger partial charge in [0.15, 0.2) is 5.60 Å². The molecule has 2 aromatic carbocycles.